The standard InChI is InChI=1S/C24H27ClFN5O2/c1-15-13-32-9-7-30(15)23-19-4-6-21(17-3-5-20(26)18(11-17)12-25)27-22(19)28-24(29-23)31-8-10-33-14-16(31)2/h3-6,11,15-16H,7-10,12-14H2,1-2H3/t15-,16-/m0/s1. The molecule has 2 aliphatic heterocycles. The van der Waals surface area contributed by atoms with E-state index in [1.54, 1.807) is 12.1 Å². The van der Waals surface area contributed by atoms with Crippen molar-refractivity contribution >= 4 is 34.4 Å². The van der Waals surface area contributed by atoms with Crippen LogP contribution >= 0.6 is 11.6 Å². The van der Waals surface area contributed by atoms with Crippen molar-refractivity contribution < 1.29 is 13.9 Å². The van der Waals surface area contributed by atoms with Crippen molar-refractivity contribution in [2.24, 2.45) is 0 Å². The molecular formula is C24H27ClFN5O2. The van der Waals surface area contributed by atoms with Crippen LogP contribution in [0.1, 0.15) is 19.4 Å². The van der Waals surface area contributed by atoms with Crippen molar-refractivity contribution in [2.45, 2.75) is 31.8 Å². The molecule has 7 nitrogen and oxygen atoms in total. The summed E-state index contributed by atoms with van der Waals surface area (Å²) in [5.74, 6) is 1.30. The van der Waals surface area contributed by atoms with Gasteiger partial charge in [0.05, 0.1) is 55.5 Å². The van der Waals surface area contributed by atoms with Gasteiger partial charge in [-0.1, -0.05) is 0 Å². The molecule has 0 N–H and O–H groups in total. The third-order valence-corrected chi connectivity index (χ3v) is 6.57. The first-order valence-electron chi connectivity index (χ1n) is 11.3. The number of fused-ring (bicyclic) bond motifs is 1. The van der Waals surface area contributed by atoms with Crippen molar-refractivity contribution in [3.05, 3.63) is 41.7 Å². The second-order valence-corrected chi connectivity index (χ2v) is 8.86. The number of pyridine rings is 1. The zero-order valence-electron chi connectivity index (χ0n) is 18.8. The molecule has 0 spiro atoms. The van der Waals surface area contributed by atoms with E-state index < -0.39 is 0 Å². The number of anilines is 2. The number of alkyl halides is 1. The first-order valence-corrected chi connectivity index (χ1v) is 11.8. The summed E-state index contributed by atoms with van der Waals surface area (Å²) in [7, 11) is 0. The molecule has 0 unspecified atom stereocenters. The minimum Gasteiger partial charge on any atom is -0.377 e. The summed E-state index contributed by atoms with van der Waals surface area (Å²) in [4.78, 5) is 19.2. The van der Waals surface area contributed by atoms with Gasteiger partial charge in [0.1, 0.15) is 11.6 Å². The normalized spacial score (nSPS) is 21.6. The largest absolute Gasteiger partial charge is 0.377 e. The molecule has 2 fully saturated rings. The maximum atomic E-state index is 14.0. The Kier molecular flexibility index (Phi) is 6.32. The minimum atomic E-state index is -0.316. The van der Waals surface area contributed by atoms with Crippen LogP contribution in [0.4, 0.5) is 16.2 Å². The number of hydrogen-bond acceptors (Lipinski definition) is 7. The monoisotopic (exact) mass is 471 g/mol. The molecule has 4 heterocycles. The zero-order valence-corrected chi connectivity index (χ0v) is 19.6. The van der Waals surface area contributed by atoms with E-state index in [0.717, 1.165) is 35.6 Å². The fraction of sp³-hybridized carbons (Fsp3) is 0.458. The summed E-state index contributed by atoms with van der Waals surface area (Å²) in [6, 6.07) is 9.19. The topological polar surface area (TPSA) is 63.6 Å². The second-order valence-electron chi connectivity index (χ2n) is 8.59. The number of rotatable bonds is 4. The van der Waals surface area contributed by atoms with Gasteiger partial charge < -0.3 is 19.3 Å². The second kappa shape index (κ2) is 9.37. The van der Waals surface area contributed by atoms with Gasteiger partial charge in [0.15, 0.2) is 5.65 Å². The Bertz CT molecular complexity index is 1160. The highest BCUT2D eigenvalue weighted by Gasteiger charge is 2.27. The Labute approximate surface area is 197 Å². The number of aromatic nitrogens is 3. The first kappa shape index (κ1) is 22.3. The van der Waals surface area contributed by atoms with Gasteiger partial charge in [-0.15, -0.1) is 11.6 Å². The van der Waals surface area contributed by atoms with Crippen molar-refractivity contribution in [1.82, 2.24) is 15.0 Å². The third kappa shape index (κ3) is 4.35. The molecule has 0 amide bonds. The molecular weight excluding hydrogens is 445 g/mol. The van der Waals surface area contributed by atoms with E-state index >= 15 is 0 Å². The van der Waals surface area contributed by atoms with Crippen LogP contribution in [-0.2, 0) is 15.4 Å². The molecule has 1 aromatic carbocycles. The van der Waals surface area contributed by atoms with E-state index in [1.165, 1.54) is 6.07 Å². The summed E-state index contributed by atoms with van der Waals surface area (Å²) >= 11 is 5.92. The Morgan fingerprint density at radius 2 is 1.70 bits per heavy atom. The molecule has 5 rings (SSSR count). The van der Waals surface area contributed by atoms with Crippen molar-refractivity contribution in [2.75, 3.05) is 49.3 Å². The summed E-state index contributed by atoms with van der Waals surface area (Å²) in [6.45, 7) is 8.30. The molecule has 2 aromatic heterocycles. The van der Waals surface area contributed by atoms with Gasteiger partial charge in [0.25, 0.3) is 0 Å². The highest BCUT2D eigenvalue weighted by Crippen LogP contribution is 2.31. The molecule has 3 aromatic rings. The van der Waals surface area contributed by atoms with Gasteiger partial charge in [0, 0.05) is 24.2 Å². The number of ether oxygens (including phenoxy) is 2. The lowest BCUT2D eigenvalue weighted by molar-refractivity contribution is 0.0973. The molecule has 0 radical (unpaired) electrons. The highest BCUT2D eigenvalue weighted by atomic mass is 35.5. The summed E-state index contributed by atoms with van der Waals surface area (Å²) in [6.07, 6.45) is 0. The fourth-order valence-corrected chi connectivity index (χ4v) is 4.60. The maximum absolute atomic E-state index is 14.0. The van der Waals surface area contributed by atoms with E-state index in [-0.39, 0.29) is 23.8 Å². The molecule has 2 saturated heterocycles. The van der Waals surface area contributed by atoms with Gasteiger partial charge in [-0.3, -0.25) is 0 Å². The average molecular weight is 472 g/mol. The van der Waals surface area contributed by atoms with E-state index in [2.05, 4.69) is 23.6 Å². The van der Waals surface area contributed by atoms with Gasteiger partial charge in [-0.2, -0.15) is 9.97 Å². The number of morpholine rings is 2. The Balaban J connectivity index is 1.65. The highest BCUT2D eigenvalue weighted by molar-refractivity contribution is 6.17. The molecule has 0 bridgehead atoms. The third-order valence-electron chi connectivity index (χ3n) is 6.28. The lowest BCUT2D eigenvalue weighted by Gasteiger charge is -2.37. The lowest BCUT2D eigenvalue weighted by atomic mass is 10.1. The molecule has 9 heteroatoms. The molecule has 0 aliphatic carbocycles. The predicted molar refractivity (Wildman–Crippen MR) is 128 cm³/mol. The summed E-state index contributed by atoms with van der Waals surface area (Å²) in [5.41, 5.74) is 2.58. The van der Waals surface area contributed by atoms with E-state index in [1.807, 2.05) is 12.1 Å². The van der Waals surface area contributed by atoms with Crippen LogP contribution in [0.15, 0.2) is 30.3 Å². The van der Waals surface area contributed by atoms with Crippen LogP contribution in [-0.4, -0.2) is 66.6 Å². The maximum Gasteiger partial charge on any atom is 0.229 e. The fourth-order valence-electron chi connectivity index (χ4n) is 4.39. The van der Waals surface area contributed by atoms with Crippen molar-refractivity contribution in [1.29, 1.82) is 0 Å². The van der Waals surface area contributed by atoms with Crippen LogP contribution in [0.25, 0.3) is 22.3 Å². The molecule has 174 valence electrons. The number of benzene rings is 1. The van der Waals surface area contributed by atoms with Crippen LogP contribution in [0.2, 0.25) is 0 Å². The first-order chi connectivity index (χ1) is 16.0. The summed E-state index contributed by atoms with van der Waals surface area (Å²) in [5, 5.41) is 0.886. The smallest absolute Gasteiger partial charge is 0.229 e. The average Bonchev–Trinajstić information content (AvgIpc) is 2.84. The number of nitrogens with zero attached hydrogens (tertiary/aromatic N) is 5. The van der Waals surface area contributed by atoms with Gasteiger partial charge in [-0.25, -0.2) is 9.37 Å². The minimum absolute atomic E-state index is 0.105. The summed E-state index contributed by atoms with van der Waals surface area (Å²) < 4.78 is 25.2. The Morgan fingerprint density at radius 1 is 0.970 bits per heavy atom. The number of hydrogen-bond donors (Lipinski definition) is 0. The molecule has 2 aliphatic rings. The quantitative estimate of drug-likeness (QED) is 0.532. The van der Waals surface area contributed by atoms with Gasteiger partial charge >= 0.3 is 0 Å². The number of halogens is 2. The lowest BCUT2D eigenvalue weighted by Crippen LogP contribution is -2.46. The molecule has 33 heavy (non-hydrogen) atoms. The van der Waals surface area contributed by atoms with E-state index in [9.17, 15) is 4.39 Å². The van der Waals surface area contributed by atoms with Crippen molar-refractivity contribution in [3.8, 4) is 11.3 Å². The van der Waals surface area contributed by atoms with Crippen molar-refractivity contribution in [3.63, 3.8) is 0 Å². The van der Waals surface area contributed by atoms with Crippen LogP contribution in [0.3, 0.4) is 0 Å². The van der Waals surface area contributed by atoms with Crippen LogP contribution in [0, 0.1) is 5.82 Å². The van der Waals surface area contributed by atoms with Gasteiger partial charge in [-0.05, 0) is 44.2 Å². The van der Waals surface area contributed by atoms with Crippen LogP contribution < -0.4 is 9.80 Å². The van der Waals surface area contributed by atoms with Gasteiger partial charge in [0.2, 0.25) is 5.95 Å². The Hall–Kier alpha value is -2.55. The van der Waals surface area contributed by atoms with E-state index in [0.29, 0.717) is 43.6 Å². The van der Waals surface area contributed by atoms with Crippen LogP contribution in [0.5, 0.6) is 0 Å². The Morgan fingerprint density at radius 3 is 2.39 bits per heavy atom. The zero-order chi connectivity index (χ0) is 22.9. The molecule has 2 atom stereocenters. The van der Waals surface area contributed by atoms with E-state index in [4.69, 9.17) is 36.0 Å². The SMILES string of the molecule is C[C@H]1COCCN1c1nc(N2CCOC[C@@H]2C)c2ccc(-c3ccc(F)c(CCl)c3)nc2n1. The predicted octanol–water partition coefficient (Wildman–Crippen LogP) is 4.02. The molecule has 0 saturated carbocycles.